The van der Waals surface area contributed by atoms with E-state index in [4.69, 9.17) is 9.47 Å². The lowest BCUT2D eigenvalue weighted by atomic mass is 10.0. The molecular weight excluding hydrogens is 300 g/mol. The van der Waals surface area contributed by atoms with E-state index in [-0.39, 0.29) is 11.2 Å². The van der Waals surface area contributed by atoms with Crippen LogP contribution in [0.1, 0.15) is 67.7 Å². The summed E-state index contributed by atoms with van der Waals surface area (Å²) in [6, 6.07) is 0. The first-order valence-corrected chi connectivity index (χ1v) is 9.78. The van der Waals surface area contributed by atoms with Gasteiger partial charge in [0.1, 0.15) is 0 Å². The number of likely N-dealkylation sites (N-methyl/N-ethyl adjacent to an activating group) is 1. The zero-order valence-corrected chi connectivity index (χ0v) is 17.8. The highest BCUT2D eigenvalue weighted by Gasteiger charge is 2.18. The van der Waals surface area contributed by atoms with Crippen molar-refractivity contribution >= 4 is 0 Å². The van der Waals surface area contributed by atoms with Crippen LogP contribution >= 0.6 is 0 Å². The molecule has 0 aliphatic rings. The molecule has 24 heavy (non-hydrogen) atoms. The van der Waals surface area contributed by atoms with Crippen molar-refractivity contribution in [1.29, 1.82) is 0 Å². The van der Waals surface area contributed by atoms with Gasteiger partial charge < -0.3 is 19.3 Å². The van der Waals surface area contributed by atoms with E-state index in [0.29, 0.717) is 0 Å². The van der Waals surface area contributed by atoms with Crippen molar-refractivity contribution in [3.05, 3.63) is 0 Å². The first-order chi connectivity index (χ1) is 11.1. The summed E-state index contributed by atoms with van der Waals surface area (Å²) < 4.78 is 11.9. The molecule has 0 saturated heterocycles. The molecule has 0 aliphatic heterocycles. The van der Waals surface area contributed by atoms with E-state index in [0.717, 1.165) is 58.8 Å². The number of rotatable bonds is 14. The van der Waals surface area contributed by atoms with Gasteiger partial charge in [0.25, 0.3) is 0 Å². The minimum Gasteiger partial charge on any atom is -0.376 e. The van der Waals surface area contributed by atoms with Crippen molar-refractivity contribution in [3.63, 3.8) is 0 Å². The maximum atomic E-state index is 6.10. The Morgan fingerprint density at radius 2 is 1.42 bits per heavy atom. The molecule has 0 bridgehead atoms. The number of ether oxygens (including phenoxy) is 2. The minimum atomic E-state index is -0.0406. The van der Waals surface area contributed by atoms with Gasteiger partial charge in [0.15, 0.2) is 0 Å². The highest BCUT2D eigenvalue weighted by molar-refractivity contribution is 4.70. The summed E-state index contributed by atoms with van der Waals surface area (Å²) in [5.74, 6) is 0. The lowest BCUT2D eigenvalue weighted by Gasteiger charge is -2.28. The van der Waals surface area contributed by atoms with Crippen LogP contribution in [0.4, 0.5) is 0 Å². The average Bonchev–Trinajstić information content (AvgIpc) is 2.48. The van der Waals surface area contributed by atoms with E-state index in [1.165, 1.54) is 6.42 Å². The van der Waals surface area contributed by atoms with Crippen LogP contribution in [-0.4, -0.2) is 74.0 Å². The molecule has 4 nitrogen and oxygen atoms in total. The first kappa shape index (κ1) is 23.8. The smallest absolute Gasteiger partial charge is 0.0627 e. The molecule has 0 radical (unpaired) electrons. The molecule has 0 aromatic rings. The minimum absolute atomic E-state index is 0.0217. The zero-order chi connectivity index (χ0) is 18.6. The molecule has 0 saturated carbocycles. The Kier molecular flexibility index (Phi) is 12.2. The summed E-state index contributed by atoms with van der Waals surface area (Å²) >= 11 is 0. The molecule has 0 atom stereocenters. The maximum absolute atomic E-state index is 6.10. The van der Waals surface area contributed by atoms with Gasteiger partial charge in [-0.15, -0.1) is 0 Å². The Morgan fingerprint density at radius 1 is 0.750 bits per heavy atom. The predicted molar refractivity (Wildman–Crippen MR) is 105 cm³/mol. The van der Waals surface area contributed by atoms with Gasteiger partial charge in [0.2, 0.25) is 0 Å². The maximum Gasteiger partial charge on any atom is 0.0627 e. The molecule has 0 amide bonds. The van der Waals surface area contributed by atoms with Crippen molar-refractivity contribution in [2.24, 2.45) is 0 Å². The van der Waals surface area contributed by atoms with E-state index in [1.807, 2.05) is 0 Å². The van der Waals surface area contributed by atoms with Crippen molar-refractivity contribution in [3.8, 4) is 0 Å². The number of hydrogen-bond donors (Lipinski definition) is 0. The lowest BCUT2D eigenvalue weighted by Crippen LogP contribution is -2.33. The number of hydrogen-bond acceptors (Lipinski definition) is 4. The highest BCUT2D eigenvalue weighted by Crippen LogP contribution is 2.17. The summed E-state index contributed by atoms with van der Waals surface area (Å²) in [5.41, 5.74) is -0.0623. The van der Waals surface area contributed by atoms with Gasteiger partial charge in [-0.1, -0.05) is 13.8 Å². The van der Waals surface area contributed by atoms with Crippen LogP contribution in [0.25, 0.3) is 0 Å². The van der Waals surface area contributed by atoms with Crippen LogP contribution in [0, 0.1) is 0 Å². The molecule has 0 N–H and O–H groups in total. The molecule has 0 fully saturated rings. The molecule has 0 aromatic heterocycles. The molecule has 4 heteroatoms. The van der Waals surface area contributed by atoms with Gasteiger partial charge in [-0.3, -0.25) is 0 Å². The van der Waals surface area contributed by atoms with Gasteiger partial charge in [-0.25, -0.2) is 0 Å². The molecule has 0 aromatic carbocycles. The SMILES string of the molecule is CCN(C)CCCOC(C)(C)CCCN(CC)CCOC(C)(C)C. The highest BCUT2D eigenvalue weighted by atomic mass is 16.5. The second-order valence-corrected chi connectivity index (χ2v) is 8.36. The predicted octanol–water partition coefficient (Wildman–Crippen LogP) is 4.04. The third kappa shape index (κ3) is 14.2. The molecular formula is C20H44N2O2. The van der Waals surface area contributed by atoms with E-state index in [2.05, 4.69) is 65.3 Å². The number of nitrogens with zero attached hydrogens (tertiary/aromatic N) is 2. The van der Waals surface area contributed by atoms with Crippen molar-refractivity contribution < 1.29 is 9.47 Å². The topological polar surface area (TPSA) is 24.9 Å². The van der Waals surface area contributed by atoms with E-state index in [9.17, 15) is 0 Å². The fraction of sp³-hybridized carbons (Fsp3) is 1.00. The van der Waals surface area contributed by atoms with Gasteiger partial charge in [0.05, 0.1) is 17.8 Å². The second kappa shape index (κ2) is 12.2. The summed E-state index contributed by atoms with van der Waals surface area (Å²) in [6.07, 6.45) is 3.39. The molecule has 146 valence electrons. The van der Waals surface area contributed by atoms with Gasteiger partial charge in [-0.05, 0) is 80.6 Å². The van der Waals surface area contributed by atoms with Crippen molar-refractivity contribution in [2.45, 2.75) is 78.9 Å². The average molecular weight is 345 g/mol. The Balaban J connectivity index is 3.86. The monoisotopic (exact) mass is 344 g/mol. The Morgan fingerprint density at radius 3 is 1.96 bits per heavy atom. The van der Waals surface area contributed by atoms with Crippen LogP contribution in [0.5, 0.6) is 0 Å². The third-order valence-corrected chi connectivity index (χ3v) is 4.36. The van der Waals surface area contributed by atoms with Gasteiger partial charge in [-0.2, -0.15) is 0 Å². The van der Waals surface area contributed by atoms with Crippen molar-refractivity contribution in [1.82, 2.24) is 9.80 Å². The second-order valence-electron chi connectivity index (χ2n) is 8.36. The van der Waals surface area contributed by atoms with E-state index < -0.39 is 0 Å². The Bertz CT molecular complexity index is 301. The van der Waals surface area contributed by atoms with Crippen LogP contribution in [0.15, 0.2) is 0 Å². The van der Waals surface area contributed by atoms with Crippen LogP contribution < -0.4 is 0 Å². The Labute approximate surface area is 151 Å². The molecule has 0 unspecified atom stereocenters. The Hall–Kier alpha value is -0.160. The van der Waals surface area contributed by atoms with Crippen molar-refractivity contribution in [2.75, 3.05) is 53.0 Å². The standard InChI is InChI=1S/C20H44N2O2/c1-9-21(8)14-12-17-24-20(6,7)13-11-15-22(10-2)16-18-23-19(3,4)5/h9-18H2,1-8H3. The van der Waals surface area contributed by atoms with Crippen LogP contribution in [0.2, 0.25) is 0 Å². The molecule has 0 heterocycles. The van der Waals surface area contributed by atoms with Crippen LogP contribution in [-0.2, 0) is 9.47 Å². The normalized spacial score (nSPS) is 13.2. The molecule has 0 aliphatic carbocycles. The summed E-state index contributed by atoms with van der Waals surface area (Å²) in [5, 5.41) is 0. The third-order valence-electron chi connectivity index (χ3n) is 4.36. The zero-order valence-electron chi connectivity index (χ0n) is 17.8. The molecule has 0 spiro atoms. The fourth-order valence-corrected chi connectivity index (χ4v) is 2.55. The lowest BCUT2D eigenvalue weighted by molar-refractivity contribution is -0.0307. The largest absolute Gasteiger partial charge is 0.376 e. The van der Waals surface area contributed by atoms with E-state index in [1.54, 1.807) is 0 Å². The quantitative estimate of drug-likeness (QED) is 0.444. The fourth-order valence-electron chi connectivity index (χ4n) is 2.55. The van der Waals surface area contributed by atoms with E-state index >= 15 is 0 Å². The van der Waals surface area contributed by atoms with Gasteiger partial charge >= 0.3 is 0 Å². The van der Waals surface area contributed by atoms with Gasteiger partial charge in [0, 0.05) is 19.7 Å². The summed E-state index contributed by atoms with van der Waals surface area (Å²) in [6.45, 7) is 22.3. The first-order valence-electron chi connectivity index (χ1n) is 9.78. The summed E-state index contributed by atoms with van der Waals surface area (Å²) in [4.78, 5) is 4.80. The van der Waals surface area contributed by atoms with Crippen LogP contribution in [0.3, 0.4) is 0 Å². The summed E-state index contributed by atoms with van der Waals surface area (Å²) in [7, 11) is 2.16. The molecule has 0 rings (SSSR count).